The van der Waals surface area contributed by atoms with Crippen molar-refractivity contribution in [2.75, 3.05) is 31.1 Å². The van der Waals surface area contributed by atoms with Gasteiger partial charge in [0.2, 0.25) is 0 Å². The molecule has 1 aliphatic heterocycles. The van der Waals surface area contributed by atoms with E-state index in [0.29, 0.717) is 48.9 Å². The number of amides is 1. The van der Waals surface area contributed by atoms with Crippen LogP contribution in [0.15, 0.2) is 18.3 Å². The molecule has 1 saturated heterocycles. The Balaban J connectivity index is 1.69. The van der Waals surface area contributed by atoms with Gasteiger partial charge in [-0.05, 0) is 30.1 Å². The van der Waals surface area contributed by atoms with Gasteiger partial charge in [0.25, 0.3) is 5.91 Å². The second-order valence-corrected chi connectivity index (χ2v) is 5.92. The van der Waals surface area contributed by atoms with Gasteiger partial charge in [0.15, 0.2) is 0 Å². The van der Waals surface area contributed by atoms with Crippen molar-refractivity contribution in [1.82, 2.24) is 19.5 Å². The van der Waals surface area contributed by atoms with Crippen LogP contribution in [0.1, 0.15) is 27.9 Å². The fourth-order valence-electron chi connectivity index (χ4n) is 2.60. The van der Waals surface area contributed by atoms with Crippen LogP contribution in [0.3, 0.4) is 0 Å². The first-order valence-electron chi connectivity index (χ1n) is 7.45. The van der Waals surface area contributed by atoms with E-state index in [1.807, 2.05) is 16.7 Å². The standard InChI is InChI=1S/C15H16N6OS/c1-2-12-13(23-19-18-12)15(22)21-8-6-20(7-9-21)14-11(10-16)4-3-5-17-14/h3-5H,2,6-9H2,1H3. The fraction of sp³-hybridized carbons (Fsp3) is 0.400. The highest BCUT2D eigenvalue weighted by Gasteiger charge is 2.26. The maximum Gasteiger partial charge on any atom is 0.267 e. The van der Waals surface area contributed by atoms with Crippen molar-refractivity contribution in [1.29, 1.82) is 5.26 Å². The topological polar surface area (TPSA) is 86.0 Å². The molecule has 1 fully saturated rings. The second kappa shape index (κ2) is 6.71. The van der Waals surface area contributed by atoms with Crippen LogP contribution >= 0.6 is 11.5 Å². The zero-order valence-corrected chi connectivity index (χ0v) is 13.6. The molecule has 3 rings (SSSR count). The monoisotopic (exact) mass is 328 g/mol. The molecular weight excluding hydrogens is 312 g/mol. The average Bonchev–Trinajstić information content (AvgIpc) is 3.10. The zero-order chi connectivity index (χ0) is 16.2. The Morgan fingerprint density at radius 1 is 1.39 bits per heavy atom. The van der Waals surface area contributed by atoms with E-state index in [1.165, 1.54) is 0 Å². The van der Waals surface area contributed by atoms with E-state index in [9.17, 15) is 10.1 Å². The normalized spacial score (nSPS) is 14.6. The molecular formula is C15H16N6OS. The van der Waals surface area contributed by atoms with Gasteiger partial charge in [0.05, 0.1) is 11.3 Å². The molecule has 118 valence electrons. The van der Waals surface area contributed by atoms with E-state index in [-0.39, 0.29) is 5.91 Å². The highest BCUT2D eigenvalue weighted by Crippen LogP contribution is 2.20. The summed E-state index contributed by atoms with van der Waals surface area (Å²) < 4.78 is 3.88. The zero-order valence-electron chi connectivity index (χ0n) is 12.8. The summed E-state index contributed by atoms with van der Waals surface area (Å²) in [5.41, 5.74) is 1.33. The van der Waals surface area contributed by atoms with Gasteiger partial charge in [-0.3, -0.25) is 4.79 Å². The molecule has 1 aliphatic rings. The molecule has 0 radical (unpaired) electrons. The number of piperazine rings is 1. The van der Waals surface area contributed by atoms with Crippen molar-refractivity contribution in [2.24, 2.45) is 0 Å². The number of pyridine rings is 1. The van der Waals surface area contributed by atoms with Crippen LogP contribution in [0.2, 0.25) is 0 Å². The van der Waals surface area contributed by atoms with E-state index >= 15 is 0 Å². The summed E-state index contributed by atoms with van der Waals surface area (Å²) in [7, 11) is 0. The highest BCUT2D eigenvalue weighted by atomic mass is 32.1. The molecule has 0 atom stereocenters. The van der Waals surface area contributed by atoms with E-state index in [4.69, 9.17) is 0 Å². The molecule has 23 heavy (non-hydrogen) atoms. The third kappa shape index (κ3) is 3.00. The molecule has 8 heteroatoms. The second-order valence-electron chi connectivity index (χ2n) is 5.17. The molecule has 0 spiro atoms. The Hall–Kier alpha value is -2.53. The number of aryl methyl sites for hydroxylation is 1. The quantitative estimate of drug-likeness (QED) is 0.845. The van der Waals surface area contributed by atoms with Crippen molar-refractivity contribution in [2.45, 2.75) is 13.3 Å². The van der Waals surface area contributed by atoms with Crippen LogP contribution in [-0.4, -0.2) is 51.6 Å². The maximum absolute atomic E-state index is 12.6. The summed E-state index contributed by atoms with van der Waals surface area (Å²) in [6.45, 7) is 4.48. The number of rotatable bonds is 3. The Morgan fingerprint density at radius 2 is 2.17 bits per heavy atom. The van der Waals surface area contributed by atoms with Crippen LogP contribution in [0.25, 0.3) is 0 Å². The van der Waals surface area contributed by atoms with Crippen LogP contribution < -0.4 is 4.90 Å². The van der Waals surface area contributed by atoms with Gasteiger partial charge in [-0.1, -0.05) is 11.4 Å². The minimum atomic E-state index is -0.00183. The summed E-state index contributed by atoms with van der Waals surface area (Å²) in [4.78, 5) is 21.4. The molecule has 2 aromatic rings. The lowest BCUT2D eigenvalue weighted by molar-refractivity contribution is 0.0750. The minimum absolute atomic E-state index is 0.00183. The molecule has 0 saturated carbocycles. The SMILES string of the molecule is CCc1nnsc1C(=O)N1CCN(c2ncccc2C#N)CC1. The van der Waals surface area contributed by atoms with Crippen LogP contribution in [0, 0.1) is 11.3 Å². The molecule has 0 aliphatic carbocycles. The molecule has 3 heterocycles. The largest absolute Gasteiger partial charge is 0.352 e. The van der Waals surface area contributed by atoms with Gasteiger partial charge in [-0.15, -0.1) is 5.10 Å². The van der Waals surface area contributed by atoms with Crippen LogP contribution in [0.5, 0.6) is 0 Å². The Bertz CT molecular complexity index is 744. The van der Waals surface area contributed by atoms with Crippen LogP contribution in [0.4, 0.5) is 5.82 Å². The first-order chi connectivity index (χ1) is 11.2. The number of carbonyl (C=O) groups excluding carboxylic acids is 1. The highest BCUT2D eigenvalue weighted by molar-refractivity contribution is 7.08. The Morgan fingerprint density at radius 3 is 2.87 bits per heavy atom. The molecule has 7 nitrogen and oxygen atoms in total. The van der Waals surface area contributed by atoms with Gasteiger partial charge in [-0.2, -0.15) is 5.26 Å². The number of carbonyl (C=O) groups is 1. The van der Waals surface area contributed by atoms with Gasteiger partial charge >= 0.3 is 0 Å². The van der Waals surface area contributed by atoms with Gasteiger partial charge < -0.3 is 9.80 Å². The maximum atomic E-state index is 12.6. The van der Waals surface area contributed by atoms with E-state index in [1.54, 1.807) is 18.3 Å². The predicted octanol–water partition coefficient (Wildman–Crippen LogP) is 1.33. The molecule has 1 amide bonds. The summed E-state index contributed by atoms with van der Waals surface area (Å²) in [5, 5.41) is 13.2. The Kier molecular flexibility index (Phi) is 4.48. The smallest absolute Gasteiger partial charge is 0.267 e. The van der Waals surface area contributed by atoms with Crippen molar-refractivity contribution < 1.29 is 4.79 Å². The third-order valence-electron chi connectivity index (χ3n) is 3.86. The number of hydrogen-bond acceptors (Lipinski definition) is 7. The van der Waals surface area contributed by atoms with Crippen molar-refractivity contribution in [3.63, 3.8) is 0 Å². The number of aromatic nitrogens is 3. The number of anilines is 1. The molecule has 0 N–H and O–H groups in total. The summed E-state index contributed by atoms with van der Waals surface area (Å²) in [6.07, 6.45) is 2.39. The van der Waals surface area contributed by atoms with E-state index < -0.39 is 0 Å². The summed E-state index contributed by atoms with van der Waals surface area (Å²) in [5.74, 6) is 0.689. The summed E-state index contributed by atoms with van der Waals surface area (Å²) in [6, 6.07) is 5.68. The lowest BCUT2D eigenvalue weighted by Crippen LogP contribution is -2.49. The van der Waals surface area contributed by atoms with Gasteiger partial charge in [-0.25, -0.2) is 4.98 Å². The van der Waals surface area contributed by atoms with E-state index in [2.05, 4.69) is 20.6 Å². The number of nitriles is 1. The van der Waals surface area contributed by atoms with E-state index in [0.717, 1.165) is 17.2 Å². The van der Waals surface area contributed by atoms with Crippen molar-refractivity contribution in [3.05, 3.63) is 34.5 Å². The van der Waals surface area contributed by atoms with Crippen molar-refractivity contribution in [3.8, 4) is 6.07 Å². The first kappa shape index (κ1) is 15.4. The lowest BCUT2D eigenvalue weighted by atomic mass is 10.2. The first-order valence-corrected chi connectivity index (χ1v) is 8.22. The molecule has 2 aromatic heterocycles. The van der Waals surface area contributed by atoms with Crippen molar-refractivity contribution >= 4 is 23.3 Å². The van der Waals surface area contributed by atoms with Crippen LogP contribution in [-0.2, 0) is 6.42 Å². The Labute approximate surface area is 138 Å². The van der Waals surface area contributed by atoms with Gasteiger partial charge in [0, 0.05) is 32.4 Å². The average molecular weight is 328 g/mol. The number of hydrogen-bond donors (Lipinski definition) is 0. The fourth-order valence-corrected chi connectivity index (χ4v) is 3.32. The third-order valence-corrected chi connectivity index (χ3v) is 4.61. The predicted molar refractivity (Wildman–Crippen MR) is 86.4 cm³/mol. The molecule has 0 bridgehead atoms. The molecule has 0 unspecified atom stereocenters. The lowest BCUT2D eigenvalue weighted by Gasteiger charge is -2.35. The molecule has 0 aromatic carbocycles. The summed E-state index contributed by atoms with van der Waals surface area (Å²) >= 11 is 1.16. The minimum Gasteiger partial charge on any atom is -0.352 e. The number of nitrogens with zero attached hydrogens (tertiary/aromatic N) is 6. The van der Waals surface area contributed by atoms with Gasteiger partial charge in [0.1, 0.15) is 16.8 Å².